The van der Waals surface area contributed by atoms with Crippen LogP contribution in [0.1, 0.15) is 45.4 Å². The molecule has 2 unspecified atom stereocenters. The highest BCUT2D eigenvalue weighted by atomic mass is 16.4. The monoisotopic (exact) mass is 299 g/mol. The van der Waals surface area contributed by atoms with Gasteiger partial charge in [0, 0.05) is 25.6 Å². The van der Waals surface area contributed by atoms with Gasteiger partial charge >= 0.3 is 12.0 Å². The Hall–Kier alpha value is -1.79. The van der Waals surface area contributed by atoms with E-state index in [-0.39, 0.29) is 24.9 Å². The molecule has 1 fully saturated rings. The number of nitrogens with one attached hydrogen (secondary N) is 3. The molecule has 3 amide bonds. The minimum Gasteiger partial charge on any atom is -0.481 e. The molecule has 0 radical (unpaired) electrons. The summed E-state index contributed by atoms with van der Waals surface area (Å²) < 4.78 is 0. The quantitative estimate of drug-likeness (QED) is 0.545. The summed E-state index contributed by atoms with van der Waals surface area (Å²) in [6.45, 7) is 2.63. The highest BCUT2D eigenvalue weighted by Crippen LogP contribution is 2.23. The number of amides is 3. The lowest BCUT2D eigenvalue weighted by Crippen LogP contribution is -2.47. The summed E-state index contributed by atoms with van der Waals surface area (Å²) in [5.41, 5.74) is 0. The van der Waals surface area contributed by atoms with Crippen LogP contribution in [-0.2, 0) is 9.59 Å². The van der Waals surface area contributed by atoms with Crippen molar-refractivity contribution < 1.29 is 19.5 Å². The molecule has 120 valence electrons. The maximum absolute atomic E-state index is 11.8. The first-order valence-electron chi connectivity index (χ1n) is 7.58. The molecule has 0 saturated heterocycles. The van der Waals surface area contributed by atoms with E-state index in [0.717, 1.165) is 19.3 Å². The zero-order chi connectivity index (χ0) is 15.7. The Bertz CT molecular complexity index is 373. The Morgan fingerprint density at radius 2 is 1.81 bits per heavy atom. The average Bonchev–Trinajstić information content (AvgIpc) is 2.64. The van der Waals surface area contributed by atoms with E-state index in [1.54, 1.807) is 0 Å². The van der Waals surface area contributed by atoms with Crippen molar-refractivity contribution >= 4 is 17.9 Å². The molecule has 1 aliphatic rings. The van der Waals surface area contributed by atoms with Crippen LogP contribution in [0.5, 0.6) is 0 Å². The van der Waals surface area contributed by atoms with E-state index in [9.17, 15) is 19.5 Å². The topological polar surface area (TPSA) is 108 Å². The molecule has 4 N–H and O–H groups in total. The highest BCUT2D eigenvalue weighted by Gasteiger charge is 2.30. The van der Waals surface area contributed by atoms with Crippen LogP contribution < -0.4 is 16.0 Å². The van der Waals surface area contributed by atoms with E-state index in [0.29, 0.717) is 19.4 Å². The van der Waals surface area contributed by atoms with Crippen LogP contribution in [0.25, 0.3) is 0 Å². The van der Waals surface area contributed by atoms with Gasteiger partial charge in [-0.15, -0.1) is 0 Å². The molecule has 1 saturated carbocycles. The summed E-state index contributed by atoms with van der Waals surface area (Å²) in [7, 11) is 0. The van der Waals surface area contributed by atoms with Crippen molar-refractivity contribution in [1.82, 2.24) is 16.0 Å². The molecule has 0 aliphatic heterocycles. The van der Waals surface area contributed by atoms with Gasteiger partial charge in [-0.25, -0.2) is 4.79 Å². The molecule has 0 aromatic heterocycles. The second-order valence-electron chi connectivity index (χ2n) is 5.29. The molecule has 0 aromatic carbocycles. The minimum atomic E-state index is -0.857. The summed E-state index contributed by atoms with van der Waals surface area (Å²) in [4.78, 5) is 34.3. The van der Waals surface area contributed by atoms with Gasteiger partial charge in [0.05, 0.1) is 5.92 Å². The molecule has 21 heavy (non-hydrogen) atoms. The van der Waals surface area contributed by atoms with Crippen molar-refractivity contribution in [2.45, 2.75) is 51.5 Å². The van der Waals surface area contributed by atoms with Crippen LogP contribution in [0, 0.1) is 5.92 Å². The molecule has 7 nitrogen and oxygen atoms in total. The number of carbonyl (C=O) groups is 3. The summed E-state index contributed by atoms with van der Waals surface area (Å²) in [6, 6.07) is -0.744. The van der Waals surface area contributed by atoms with Gasteiger partial charge in [-0.1, -0.05) is 19.3 Å². The van der Waals surface area contributed by atoms with Crippen molar-refractivity contribution in [3.05, 3.63) is 0 Å². The maximum Gasteiger partial charge on any atom is 0.315 e. The van der Waals surface area contributed by atoms with Crippen molar-refractivity contribution in [2.75, 3.05) is 13.1 Å². The molecule has 1 rings (SSSR count). The van der Waals surface area contributed by atoms with E-state index in [1.807, 2.05) is 6.92 Å². The van der Waals surface area contributed by atoms with Crippen molar-refractivity contribution in [3.8, 4) is 0 Å². The lowest BCUT2D eigenvalue weighted by Gasteiger charge is -2.23. The number of carboxylic acid groups (broad SMARTS) is 1. The Morgan fingerprint density at radius 1 is 1.10 bits per heavy atom. The fourth-order valence-corrected chi connectivity index (χ4v) is 2.57. The number of hydrogen-bond acceptors (Lipinski definition) is 3. The molecule has 0 spiro atoms. The molecular weight excluding hydrogens is 274 g/mol. The number of carboxylic acids is 1. The largest absolute Gasteiger partial charge is 0.481 e. The van der Waals surface area contributed by atoms with Gasteiger partial charge in [0.15, 0.2) is 0 Å². The third kappa shape index (κ3) is 6.46. The first kappa shape index (κ1) is 17.3. The third-order valence-electron chi connectivity index (χ3n) is 3.66. The maximum atomic E-state index is 11.8. The first-order valence-corrected chi connectivity index (χ1v) is 7.58. The fraction of sp³-hybridized carbons (Fsp3) is 0.786. The summed E-state index contributed by atoms with van der Waals surface area (Å²) in [5.74, 6) is -1.50. The zero-order valence-electron chi connectivity index (χ0n) is 12.5. The Morgan fingerprint density at radius 3 is 2.48 bits per heavy atom. The highest BCUT2D eigenvalue weighted by molar-refractivity contribution is 5.79. The van der Waals surface area contributed by atoms with Gasteiger partial charge < -0.3 is 21.1 Å². The minimum absolute atomic E-state index is 0.115. The molecule has 0 bridgehead atoms. The smallest absolute Gasteiger partial charge is 0.315 e. The Kier molecular flexibility index (Phi) is 7.56. The van der Waals surface area contributed by atoms with Crippen LogP contribution in [0.2, 0.25) is 0 Å². The molecule has 1 aliphatic carbocycles. The van der Waals surface area contributed by atoms with Crippen molar-refractivity contribution in [3.63, 3.8) is 0 Å². The molecular formula is C14H25N3O4. The fourth-order valence-electron chi connectivity index (χ4n) is 2.57. The lowest BCUT2D eigenvalue weighted by molar-refractivity contribution is -0.142. The number of aliphatic carboxylic acids is 1. The van der Waals surface area contributed by atoms with Crippen LogP contribution in [0.15, 0.2) is 0 Å². The average molecular weight is 299 g/mol. The van der Waals surface area contributed by atoms with Crippen LogP contribution >= 0.6 is 0 Å². The predicted molar refractivity (Wildman–Crippen MR) is 77.8 cm³/mol. The number of carbonyl (C=O) groups excluding carboxylic acids is 2. The zero-order valence-corrected chi connectivity index (χ0v) is 12.5. The Labute approximate surface area is 124 Å². The Balaban J connectivity index is 2.37. The summed E-state index contributed by atoms with van der Waals surface area (Å²) >= 11 is 0. The van der Waals surface area contributed by atoms with Gasteiger partial charge in [-0.3, -0.25) is 9.59 Å². The standard InChI is InChI=1S/C14H25N3O4/c1-2-15-12(18)8-9-16-14(21)17-11-7-5-3-4-6-10(11)13(19)20/h10-11H,2-9H2,1H3,(H,15,18)(H,19,20)(H2,16,17,21). The van der Waals surface area contributed by atoms with E-state index in [1.165, 1.54) is 0 Å². The number of rotatable bonds is 6. The van der Waals surface area contributed by atoms with Gasteiger partial charge in [0.2, 0.25) is 5.91 Å². The molecule has 0 aromatic rings. The van der Waals surface area contributed by atoms with Gasteiger partial charge in [-0.05, 0) is 19.8 Å². The van der Waals surface area contributed by atoms with Crippen molar-refractivity contribution in [2.24, 2.45) is 5.92 Å². The van der Waals surface area contributed by atoms with Gasteiger partial charge in [0.25, 0.3) is 0 Å². The second kappa shape index (κ2) is 9.20. The third-order valence-corrected chi connectivity index (χ3v) is 3.66. The predicted octanol–water partition coefficient (Wildman–Crippen LogP) is 0.845. The first-order chi connectivity index (χ1) is 10.0. The summed E-state index contributed by atoms with van der Waals surface area (Å²) in [5, 5.41) is 17.2. The number of hydrogen-bond donors (Lipinski definition) is 4. The van der Waals surface area contributed by atoms with Gasteiger partial charge in [-0.2, -0.15) is 0 Å². The van der Waals surface area contributed by atoms with E-state index < -0.39 is 17.9 Å². The van der Waals surface area contributed by atoms with Crippen LogP contribution in [0.4, 0.5) is 4.79 Å². The normalized spacial score (nSPS) is 22.0. The lowest BCUT2D eigenvalue weighted by atomic mass is 9.95. The molecule has 7 heteroatoms. The summed E-state index contributed by atoms with van der Waals surface area (Å²) in [6.07, 6.45) is 4.30. The van der Waals surface area contributed by atoms with Crippen LogP contribution in [-0.4, -0.2) is 42.1 Å². The van der Waals surface area contributed by atoms with Gasteiger partial charge in [0.1, 0.15) is 0 Å². The number of urea groups is 1. The van der Waals surface area contributed by atoms with Crippen molar-refractivity contribution in [1.29, 1.82) is 0 Å². The van der Waals surface area contributed by atoms with E-state index >= 15 is 0 Å². The van der Waals surface area contributed by atoms with E-state index in [4.69, 9.17) is 0 Å². The second-order valence-corrected chi connectivity index (χ2v) is 5.29. The molecule has 2 atom stereocenters. The van der Waals surface area contributed by atoms with E-state index in [2.05, 4.69) is 16.0 Å². The SMILES string of the molecule is CCNC(=O)CCNC(=O)NC1CCCCCC1C(=O)O. The molecule has 0 heterocycles. The van der Waals surface area contributed by atoms with Crippen LogP contribution in [0.3, 0.4) is 0 Å².